The van der Waals surface area contributed by atoms with Crippen LogP contribution in [0, 0.1) is 17.0 Å². The molecule has 0 saturated carbocycles. The average Bonchev–Trinajstić information content (AvgIpc) is 3.10. The van der Waals surface area contributed by atoms with Crippen LogP contribution in [0.3, 0.4) is 0 Å². The largest absolute Gasteiger partial charge is 0.462 e. The van der Waals surface area contributed by atoms with Gasteiger partial charge >= 0.3 is 23.9 Å². The van der Waals surface area contributed by atoms with Crippen LogP contribution in [0.2, 0.25) is 0 Å². The van der Waals surface area contributed by atoms with Crippen LogP contribution in [0.25, 0.3) is 12.2 Å². The molecule has 0 aliphatic heterocycles. The molecule has 0 saturated heterocycles. The van der Waals surface area contributed by atoms with Crippen LogP contribution in [-0.4, -0.2) is 50.3 Å². The summed E-state index contributed by atoms with van der Waals surface area (Å²) in [4.78, 5) is 51.5. The summed E-state index contributed by atoms with van der Waals surface area (Å²) in [5.74, 6) is -4.20. The molecule has 0 heterocycles. The Morgan fingerprint density at radius 1 is 0.551 bits per heavy atom. The average molecular weight is 671 g/mol. The zero-order valence-corrected chi connectivity index (χ0v) is 26.1. The number of anilines is 2. The Morgan fingerprint density at radius 3 is 1.29 bits per heavy atom. The van der Waals surface area contributed by atoms with Crippen LogP contribution >= 0.6 is 0 Å². The SMILES string of the molecule is Nc1cccc(C(=O)OCC(COC(=O)/C=C/c2ccc(F)cc2)(COC(=O)/C=C/c2ccc(F)cc2)COC(=O)c2cccc(N)c2)c1. The van der Waals surface area contributed by atoms with Crippen molar-refractivity contribution in [3.05, 3.63) is 143 Å². The fourth-order valence-corrected chi connectivity index (χ4v) is 4.21. The quantitative estimate of drug-likeness (QED) is 0.0745. The Balaban J connectivity index is 1.58. The van der Waals surface area contributed by atoms with Crippen LogP contribution in [-0.2, 0) is 28.5 Å². The van der Waals surface area contributed by atoms with Gasteiger partial charge in [0.15, 0.2) is 0 Å². The third-order valence-electron chi connectivity index (χ3n) is 6.87. The van der Waals surface area contributed by atoms with E-state index in [0.29, 0.717) is 22.5 Å². The van der Waals surface area contributed by atoms with Crippen LogP contribution in [0.4, 0.5) is 20.2 Å². The summed E-state index contributed by atoms with van der Waals surface area (Å²) in [7, 11) is 0. The summed E-state index contributed by atoms with van der Waals surface area (Å²) in [5.41, 5.74) is 11.9. The molecule has 252 valence electrons. The lowest BCUT2D eigenvalue weighted by Crippen LogP contribution is -2.43. The lowest BCUT2D eigenvalue weighted by molar-refractivity contribution is -0.153. The molecule has 0 amide bonds. The zero-order valence-electron chi connectivity index (χ0n) is 26.1. The highest BCUT2D eigenvalue weighted by molar-refractivity contribution is 5.91. The summed E-state index contributed by atoms with van der Waals surface area (Å²) in [6.45, 7) is -2.20. The molecule has 0 aliphatic carbocycles. The Hall–Kier alpha value is -6.30. The van der Waals surface area contributed by atoms with Gasteiger partial charge in [-0.1, -0.05) is 36.4 Å². The molecule has 0 unspecified atom stereocenters. The fraction of sp³-hybridized carbons (Fsp3) is 0.135. The number of ether oxygens (including phenoxy) is 4. The second-order valence-corrected chi connectivity index (χ2v) is 10.9. The second kappa shape index (κ2) is 17.0. The van der Waals surface area contributed by atoms with Crippen LogP contribution in [0.1, 0.15) is 31.8 Å². The molecule has 0 aliphatic rings. The number of nitrogens with two attached hydrogens (primary N) is 2. The summed E-state index contributed by atoms with van der Waals surface area (Å²) < 4.78 is 48.6. The van der Waals surface area contributed by atoms with E-state index in [1.165, 1.54) is 84.9 Å². The van der Waals surface area contributed by atoms with Crippen molar-refractivity contribution in [2.24, 2.45) is 5.41 Å². The van der Waals surface area contributed by atoms with Gasteiger partial charge in [-0.25, -0.2) is 28.0 Å². The van der Waals surface area contributed by atoms with Crippen molar-refractivity contribution < 1.29 is 46.9 Å². The van der Waals surface area contributed by atoms with Gasteiger partial charge in [0.1, 0.15) is 43.5 Å². The van der Waals surface area contributed by atoms with Gasteiger partial charge in [0.25, 0.3) is 0 Å². The Morgan fingerprint density at radius 2 is 0.918 bits per heavy atom. The maximum atomic E-state index is 13.3. The summed E-state index contributed by atoms with van der Waals surface area (Å²) in [6, 6.07) is 22.7. The molecule has 4 aromatic carbocycles. The topological polar surface area (TPSA) is 157 Å². The first-order valence-electron chi connectivity index (χ1n) is 14.8. The van der Waals surface area contributed by atoms with Crippen molar-refractivity contribution in [2.75, 3.05) is 37.9 Å². The third-order valence-corrected chi connectivity index (χ3v) is 6.87. The van der Waals surface area contributed by atoms with E-state index in [4.69, 9.17) is 30.4 Å². The zero-order chi connectivity index (χ0) is 35.2. The highest BCUT2D eigenvalue weighted by Crippen LogP contribution is 2.24. The summed E-state index contributed by atoms with van der Waals surface area (Å²) in [6.07, 6.45) is 4.96. The highest BCUT2D eigenvalue weighted by Gasteiger charge is 2.38. The number of esters is 4. The monoisotopic (exact) mass is 670 g/mol. The second-order valence-electron chi connectivity index (χ2n) is 10.9. The minimum absolute atomic E-state index is 0.115. The predicted molar refractivity (Wildman–Crippen MR) is 177 cm³/mol. The standard InChI is InChI=1S/C37H32F2N2O8/c38-29-13-7-25(8-14-29)11-17-33(42)46-21-37(23-48-35(44)27-3-1-5-31(40)19-27,24-49-36(45)28-4-2-6-32(41)20-28)22-47-34(43)18-12-26-9-15-30(39)16-10-26/h1-20H,21-24,40-41H2/b17-11+,18-12+. The molecule has 0 atom stereocenters. The molecule has 0 aromatic heterocycles. The van der Waals surface area contributed by atoms with Crippen molar-refractivity contribution in [3.8, 4) is 0 Å². The molecule has 0 spiro atoms. The van der Waals surface area contributed by atoms with Gasteiger partial charge in [-0.15, -0.1) is 0 Å². The Bertz CT molecular complexity index is 1710. The molecule has 0 fully saturated rings. The Labute approximate surface area is 280 Å². The van der Waals surface area contributed by atoms with Crippen LogP contribution in [0.15, 0.2) is 109 Å². The van der Waals surface area contributed by atoms with Crippen molar-refractivity contribution in [1.29, 1.82) is 0 Å². The van der Waals surface area contributed by atoms with Crippen molar-refractivity contribution >= 4 is 47.4 Å². The molecule has 4 rings (SSSR count). The van der Waals surface area contributed by atoms with E-state index in [2.05, 4.69) is 0 Å². The number of nitrogen functional groups attached to an aromatic ring is 2. The van der Waals surface area contributed by atoms with E-state index >= 15 is 0 Å². The number of halogens is 2. The summed E-state index contributed by atoms with van der Waals surface area (Å²) >= 11 is 0. The van der Waals surface area contributed by atoms with E-state index in [1.807, 2.05) is 0 Å². The molecule has 4 N–H and O–H groups in total. The molecular weight excluding hydrogens is 638 g/mol. The minimum Gasteiger partial charge on any atom is -0.462 e. The smallest absolute Gasteiger partial charge is 0.338 e. The number of benzene rings is 4. The number of carbonyl (C=O) groups is 4. The van der Waals surface area contributed by atoms with Crippen molar-refractivity contribution in [3.63, 3.8) is 0 Å². The first-order chi connectivity index (χ1) is 23.5. The lowest BCUT2D eigenvalue weighted by Gasteiger charge is -2.31. The van der Waals surface area contributed by atoms with Gasteiger partial charge in [-0.3, -0.25) is 0 Å². The summed E-state index contributed by atoms with van der Waals surface area (Å²) in [5, 5.41) is 0. The van der Waals surface area contributed by atoms with Gasteiger partial charge in [-0.2, -0.15) is 0 Å². The van der Waals surface area contributed by atoms with Crippen molar-refractivity contribution in [1.82, 2.24) is 0 Å². The van der Waals surface area contributed by atoms with E-state index in [0.717, 1.165) is 12.2 Å². The van der Waals surface area contributed by atoms with Gasteiger partial charge in [0, 0.05) is 23.5 Å². The van der Waals surface area contributed by atoms with E-state index in [1.54, 1.807) is 24.3 Å². The molecule has 0 radical (unpaired) electrons. The highest BCUT2D eigenvalue weighted by atomic mass is 19.1. The van der Waals surface area contributed by atoms with Gasteiger partial charge in [0.05, 0.1) is 11.1 Å². The lowest BCUT2D eigenvalue weighted by atomic mass is 9.92. The first kappa shape index (κ1) is 35.6. The fourth-order valence-electron chi connectivity index (χ4n) is 4.21. The third kappa shape index (κ3) is 11.5. The molecule has 12 heteroatoms. The van der Waals surface area contributed by atoms with Gasteiger partial charge in [0.2, 0.25) is 0 Å². The molecule has 4 aromatic rings. The first-order valence-corrected chi connectivity index (χ1v) is 14.8. The maximum absolute atomic E-state index is 13.3. The number of carbonyl (C=O) groups excluding carboxylic acids is 4. The van der Waals surface area contributed by atoms with E-state index in [-0.39, 0.29) is 11.1 Å². The molecule has 0 bridgehead atoms. The predicted octanol–water partition coefficient (Wildman–Crippen LogP) is 5.64. The van der Waals surface area contributed by atoms with Crippen LogP contribution < -0.4 is 11.5 Å². The molecule has 49 heavy (non-hydrogen) atoms. The number of hydrogen-bond donors (Lipinski definition) is 2. The normalized spacial score (nSPS) is 11.3. The maximum Gasteiger partial charge on any atom is 0.338 e. The van der Waals surface area contributed by atoms with Crippen LogP contribution in [0.5, 0.6) is 0 Å². The number of rotatable bonds is 14. The molecular formula is C37H32F2N2O8. The Kier molecular flexibility index (Phi) is 12.4. The van der Waals surface area contributed by atoms with Gasteiger partial charge < -0.3 is 30.4 Å². The minimum atomic E-state index is -1.62. The van der Waals surface area contributed by atoms with E-state index < -0.39 is 67.4 Å². The van der Waals surface area contributed by atoms with Gasteiger partial charge in [-0.05, 0) is 83.9 Å². The molecule has 10 nitrogen and oxygen atoms in total. The van der Waals surface area contributed by atoms with E-state index in [9.17, 15) is 28.0 Å². The number of hydrogen-bond acceptors (Lipinski definition) is 10. The van der Waals surface area contributed by atoms with Crippen molar-refractivity contribution in [2.45, 2.75) is 0 Å².